The van der Waals surface area contributed by atoms with Crippen molar-refractivity contribution < 1.29 is 24.1 Å². The highest BCUT2D eigenvalue weighted by Gasteiger charge is 2.58. The Balaban J connectivity index is 1.94. The predicted octanol–water partition coefficient (Wildman–Crippen LogP) is -2.08. The molecular weight excluding hydrogens is 334 g/mol. The first kappa shape index (κ1) is 17.6. The van der Waals surface area contributed by atoms with Crippen LogP contribution in [0.1, 0.15) is 13.2 Å². The third-order valence-electron chi connectivity index (χ3n) is 4.69. The van der Waals surface area contributed by atoms with E-state index in [4.69, 9.17) is 25.7 Å². The SMILES string of the molecule is CO[C@]1(C)CO[C@H]2[C@@H](O)[C@H](n3ccc(N)nc3=O)O[C@@H]2[C@@H]1NC(N)=O. The molecule has 0 unspecified atom stereocenters. The highest BCUT2D eigenvalue weighted by molar-refractivity contribution is 5.72. The van der Waals surface area contributed by atoms with Crippen LogP contribution in [0.5, 0.6) is 0 Å². The minimum Gasteiger partial charge on any atom is -0.386 e. The van der Waals surface area contributed by atoms with Gasteiger partial charge < -0.3 is 36.1 Å². The van der Waals surface area contributed by atoms with Crippen LogP contribution in [0.3, 0.4) is 0 Å². The fraction of sp³-hybridized carbons (Fsp3) is 0.643. The van der Waals surface area contributed by atoms with Gasteiger partial charge >= 0.3 is 11.7 Å². The fourth-order valence-electron chi connectivity index (χ4n) is 3.26. The van der Waals surface area contributed by atoms with E-state index < -0.39 is 47.9 Å². The molecule has 6 N–H and O–H groups in total. The summed E-state index contributed by atoms with van der Waals surface area (Å²) < 4.78 is 18.1. The maximum absolute atomic E-state index is 12.0. The van der Waals surface area contributed by atoms with Crippen molar-refractivity contribution in [2.75, 3.05) is 19.5 Å². The number of fused-ring (bicyclic) bond motifs is 1. The van der Waals surface area contributed by atoms with Crippen LogP contribution in [-0.4, -0.2) is 64.4 Å². The van der Waals surface area contributed by atoms with Crippen LogP contribution in [-0.2, 0) is 14.2 Å². The first-order valence-corrected chi connectivity index (χ1v) is 7.68. The first-order chi connectivity index (χ1) is 11.8. The molecule has 0 aromatic carbocycles. The molecule has 1 aromatic rings. The maximum atomic E-state index is 12.0. The zero-order chi connectivity index (χ0) is 18.4. The predicted molar refractivity (Wildman–Crippen MR) is 84.5 cm³/mol. The number of urea groups is 1. The number of nitrogens with two attached hydrogens (primary N) is 2. The number of anilines is 1. The van der Waals surface area contributed by atoms with E-state index in [0.717, 1.165) is 4.57 Å². The average molecular weight is 355 g/mol. The quantitative estimate of drug-likeness (QED) is 0.480. The third kappa shape index (κ3) is 2.95. The van der Waals surface area contributed by atoms with Crippen LogP contribution in [0.2, 0.25) is 0 Å². The zero-order valence-corrected chi connectivity index (χ0v) is 13.8. The van der Waals surface area contributed by atoms with Crippen molar-refractivity contribution in [1.29, 1.82) is 0 Å². The van der Waals surface area contributed by atoms with Gasteiger partial charge in [-0.05, 0) is 13.0 Å². The number of primary amides is 1. The smallest absolute Gasteiger partial charge is 0.351 e. The highest BCUT2D eigenvalue weighted by Crippen LogP contribution is 2.39. The monoisotopic (exact) mass is 355 g/mol. The Bertz CT molecular complexity index is 726. The van der Waals surface area contributed by atoms with Crippen molar-refractivity contribution in [1.82, 2.24) is 14.9 Å². The van der Waals surface area contributed by atoms with Gasteiger partial charge in [0.25, 0.3) is 0 Å². The molecule has 2 aliphatic rings. The van der Waals surface area contributed by atoms with E-state index in [2.05, 4.69) is 10.3 Å². The number of hydrogen-bond acceptors (Lipinski definition) is 8. The summed E-state index contributed by atoms with van der Waals surface area (Å²) in [5.41, 5.74) is 9.15. The highest BCUT2D eigenvalue weighted by atomic mass is 16.6. The largest absolute Gasteiger partial charge is 0.386 e. The van der Waals surface area contributed by atoms with Crippen molar-refractivity contribution in [3.63, 3.8) is 0 Å². The van der Waals surface area contributed by atoms with Crippen LogP contribution >= 0.6 is 0 Å². The Morgan fingerprint density at radius 3 is 2.88 bits per heavy atom. The number of amides is 2. The zero-order valence-electron chi connectivity index (χ0n) is 13.8. The lowest BCUT2D eigenvalue weighted by Gasteiger charge is -2.45. The summed E-state index contributed by atoms with van der Waals surface area (Å²) in [4.78, 5) is 27.1. The number of nitrogens with zero attached hydrogens (tertiary/aromatic N) is 2. The van der Waals surface area contributed by atoms with E-state index in [1.54, 1.807) is 6.92 Å². The Hall–Kier alpha value is -2.21. The van der Waals surface area contributed by atoms with Crippen LogP contribution in [0.15, 0.2) is 17.1 Å². The standard InChI is InChI=1S/C14H21N5O6/c1-14(23-2)5-24-8-7(20)11(19-4-3-6(15)17-13(19)22)25-9(8)10(14)18-12(16)21/h3-4,7-11,20H,5H2,1-2H3,(H2,15,17,22)(H3,16,18,21)/t7-,8+,9+,10+,11-,14-/m1/s1. The molecule has 138 valence electrons. The number of rotatable bonds is 3. The van der Waals surface area contributed by atoms with E-state index in [9.17, 15) is 14.7 Å². The van der Waals surface area contributed by atoms with Gasteiger partial charge in [0.2, 0.25) is 0 Å². The number of hydrogen-bond donors (Lipinski definition) is 4. The number of aromatic nitrogens is 2. The van der Waals surface area contributed by atoms with Gasteiger partial charge in [-0.25, -0.2) is 9.59 Å². The van der Waals surface area contributed by atoms with Crippen molar-refractivity contribution in [2.45, 2.75) is 43.1 Å². The fourth-order valence-corrected chi connectivity index (χ4v) is 3.26. The Kier molecular flexibility index (Phi) is 4.41. The number of nitrogens with one attached hydrogen (secondary N) is 1. The molecule has 0 saturated carbocycles. The molecule has 6 atom stereocenters. The van der Waals surface area contributed by atoms with Crippen molar-refractivity contribution >= 4 is 11.8 Å². The minimum atomic E-state index is -1.16. The molecule has 1 aromatic heterocycles. The van der Waals surface area contributed by atoms with Gasteiger partial charge in [-0.1, -0.05) is 0 Å². The lowest BCUT2D eigenvalue weighted by Crippen LogP contribution is -2.67. The molecule has 11 nitrogen and oxygen atoms in total. The summed E-state index contributed by atoms with van der Waals surface area (Å²) in [6, 6.07) is -0.0359. The minimum absolute atomic E-state index is 0.0580. The Morgan fingerprint density at radius 2 is 2.28 bits per heavy atom. The molecule has 3 rings (SSSR count). The van der Waals surface area contributed by atoms with Crippen LogP contribution in [0.4, 0.5) is 10.6 Å². The number of carbonyl (C=O) groups is 1. The second kappa shape index (κ2) is 6.26. The van der Waals surface area contributed by atoms with E-state index in [1.165, 1.54) is 19.4 Å². The molecule has 0 bridgehead atoms. The van der Waals surface area contributed by atoms with Crippen LogP contribution in [0.25, 0.3) is 0 Å². The van der Waals surface area contributed by atoms with Gasteiger partial charge in [0.05, 0.1) is 12.6 Å². The number of aliphatic hydroxyl groups is 1. The van der Waals surface area contributed by atoms with Crippen molar-refractivity contribution in [3.05, 3.63) is 22.7 Å². The summed E-state index contributed by atoms with van der Waals surface area (Å²) in [7, 11) is 1.47. The lowest BCUT2D eigenvalue weighted by atomic mass is 9.86. The topological polar surface area (TPSA) is 164 Å². The summed E-state index contributed by atoms with van der Waals surface area (Å²) in [5.74, 6) is 0.0580. The molecule has 25 heavy (non-hydrogen) atoms. The van der Waals surface area contributed by atoms with Gasteiger partial charge in [0.1, 0.15) is 29.7 Å². The molecule has 0 aliphatic carbocycles. The lowest BCUT2D eigenvalue weighted by molar-refractivity contribution is -0.188. The van der Waals surface area contributed by atoms with Crippen LogP contribution in [0, 0.1) is 0 Å². The van der Waals surface area contributed by atoms with E-state index in [1.807, 2.05) is 0 Å². The normalized spacial score (nSPS) is 37.5. The molecule has 2 saturated heterocycles. The molecule has 2 fully saturated rings. The molecular formula is C14H21N5O6. The second-order valence-electron chi connectivity index (χ2n) is 6.30. The van der Waals surface area contributed by atoms with Gasteiger partial charge in [-0.3, -0.25) is 4.57 Å². The molecule has 2 aliphatic heterocycles. The molecule has 11 heteroatoms. The van der Waals surface area contributed by atoms with E-state index in [-0.39, 0.29) is 12.4 Å². The molecule has 2 amide bonds. The number of ether oxygens (including phenoxy) is 3. The average Bonchev–Trinajstić information content (AvgIpc) is 2.87. The second-order valence-corrected chi connectivity index (χ2v) is 6.30. The van der Waals surface area contributed by atoms with Crippen molar-refractivity contribution in [2.24, 2.45) is 5.73 Å². The van der Waals surface area contributed by atoms with E-state index in [0.29, 0.717) is 0 Å². The molecule has 3 heterocycles. The molecule has 0 spiro atoms. The van der Waals surface area contributed by atoms with Gasteiger partial charge in [-0.2, -0.15) is 4.98 Å². The Morgan fingerprint density at radius 1 is 1.56 bits per heavy atom. The van der Waals surface area contributed by atoms with E-state index >= 15 is 0 Å². The maximum Gasteiger partial charge on any atom is 0.351 e. The van der Waals surface area contributed by atoms with Gasteiger partial charge in [0.15, 0.2) is 6.23 Å². The van der Waals surface area contributed by atoms with Gasteiger partial charge in [0, 0.05) is 13.3 Å². The number of aliphatic hydroxyl groups excluding tert-OH is 1. The summed E-state index contributed by atoms with van der Waals surface area (Å²) >= 11 is 0. The number of carbonyl (C=O) groups excluding carboxylic acids is 1. The number of methoxy groups -OCH3 is 1. The van der Waals surface area contributed by atoms with Crippen LogP contribution < -0.4 is 22.5 Å². The summed E-state index contributed by atoms with van der Waals surface area (Å²) in [6.45, 7) is 1.82. The molecule has 0 radical (unpaired) electrons. The number of nitrogen functional groups attached to an aromatic ring is 1. The van der Waals surface area contributed by atoms with Gasteiger partial charge in [-0.15, -0.1) is 0 Å². The summed E-state index contributed by atoms with van der Waals surface area (Å²) in [6.07, 6.45) is -2.40. The third-order valence-corrected chi connectivity index (χ3v) is 4.69. The first-order valence-electron chi connectivity index (χ1n) is 7.68. The Labute approximate surface area is 142 Å². The summed E-state index contributed by atoms with van der Waals surface area (Å²) in [5, 5.41) is 13.2. The van der Waals surface area contributed by atoms with Crippen molar-refractivity contribution in [3.8, 4) is 0 Å².